The lowest BCUT2D eigenvalue weighted by Gasteiger charge is -2.17. The highest BCUT2D eigenvalue weighted by atomic mass is 35.5. The van der Waals surface area contributed by atoms with Gasteiger partial charge in [0.15, 0.2) is 12.1 Å². The number of nitrogens with zero attached hydrogens (tertiary/aromatic N) is 4. The van der Waals surface area contributed by atoms with E-state index in [1.807, 2.05) is 0 Å². The molecule has 0 amide bonds. The standard InChI is InChI=1S/C14H10Cl2N4O/c15-10-3-6-13(16)12(7-10)14(21)9-1-4-11(5-2-9)20-18-8-17-19-20/h1-6,8,12H,7H2. The van der Waals surface area contributed by atoms with Crippen molar-refractivity contribution in [3.8, 4) is 5.69 Å². The molecule has 1 unspecified atom stereocenters. The van der Waals surface area contributed by atoms with Gasteiger partial charge in [-0.2, -0.15) is 0 Å². The minimum atomic E-state index is -0.417. The summed E-state index contributed by atoms with van der Waals surface area (Å²) in [6.45, 7) is 0. The van der Waals surface area contributed by atoms with Crippen molar-refractivity contribution in [3.05, 3.63) is 58.4 Å². The molecule has 0 radical (unpaired) electrons. The van der Waals surface area contributed by atoms with Gasteiger partial charge in [0.05, 0.1) is 11.6 Å². The molecule has 0 bridgehead atoms. The molecule has 0 aliphatic heterocycles. The van der Waals surface area contributed by atoms with Crippen LogP contribution in [0.15, 0.2) is 52.8 Å². The molecule has 0 N–H and O–H groups in total. The molecule has 5 nitrogen and oxygen atoms in total. The van der Waals surface area contributed by atoms with E-state index in [9.17, 15) is 4.79 Å². The van der Waals surface area contributed by atoms with Crippen molar-refractivity contribution in [3.63, 3.8) is 0 Å². The molecular weight excluding hydrogens is 311 g/mol. The van der Waals surface area contributed by atoms with Crippen molar-refractivity contribution in [1.82, 2.24) is 20.2 Å². The largest absolute Gasteiger partial charge is 0.293 e. The molecule has 1 heterocycles. The lowest BCUT2D eigenvalue weighted by Crippen LogP contribution is -2.17. The first kappa shape index (κ1) is 14.0. The van der Waals surface area contributed by atoms with Crippen LogP contribution in [-0.2, 0) is 0 Å². The van der Waals surface area contributed by atoms with Crippen LogP contribution in [0.5, 0.6) is 0 Å². The first-order valence-corrected chi connectivity index (χ1v) is 7.00. The van der Waals surface area contributed by atoms with Crippen molar-refractivity contribution in [2.45, 2.75) is 6.42 Å². The highest BCUT2D eigenvalue weighted by Gasteiger charge is 2.26. The van der Waals surface area contributed by atoms with Crippen molar-refractivity contribution >= 4 is 29.0 Å². The Kier molecular flexibility index (Phi) is 3.86. The number of ketones is 1. The first-order chi connectivity index (χ1) is 10.1. The summed E-state index contributed by atoms with van der Waals surface area (Å²) in [6, 6.07) is 6.95. The molecule has 3 rings (SSSR count). The predicted octanol–water partition coefficient (Wildman–Crippen LogP) is 3.11. The number of carbonyl (C=O) groups excluding carboxylic acids is 1. The summed E-state index contributed by atoms with van der Waals surface area (Å²) in [5.41, 5.74) is 1.30. The fourth-order valence-electron chi connectivity index (χ4n) is 2.11. The summed E-state index contributed by atoms with van der Waals surface area (Å²) in [7, 11) is 0. The van der Waals surface area contributed by atoms with Crippen molar-refractivity contribution in [1.29, 1.82) is 0 Å². The molecule has 0 spiro atoms. The number of rotatable bonds is 3. The smallest absolute Gasteiger partial charge is 0.171 e. The van der Waals surface area contributed by atoms with Crippen LogP contribution in [0, 0.1) is 5.92 Å². The number of carbonyl (C=O) groups is 1. The van der Waals surface area contributed by atoms with Crippen LogP contribution in [0.2, 0.25) is 0 Å². The van der Waals surface area contributed by atoms with E-state index in [1.54, 1.807) is 36.4 Å². The Bertz CT molecular complexity index is 720. The lowest BCUT2D eigenvalue weighted by atomic mass is 9.91. The van der Waals surface area contributed by atoms with Crippen LogP contribution in [0.3, 0.4) is 0 Å². The Morgan fingerprint density at radius 2 is 1.95 bits per heavy atom. The molecule has 1 aromatic heterocycles. The number of hydrogen-bond donors (Lipinski definition) is 0. The third-order valence-electron chi connectivity index (χ3n) is 3.20. The van der Waals surface area contributed by atoms with Gasteiger partial charge >= 0.3 is 0 Å². The second-order valence-corrected chi connectivity index (χ2v) is 5.48. The number of halogens is 2. The van der Waals surface area contributed by atoms with E-state index in [-0.39, 0.29) is 5.78 Å². The zero-order chi connectivity index (χ0) is 14.8. The third-order valence-corrected chi connectivity index (χ3v) is 3.87. The van der Waals surface area contributed by atoms with Gasteiger partial charge in [0.25, 0.3) is 0 Å². The summed E-state index contributed by atoms with van der Waals surface area (Å²) in [6.07, 6.45) is 5.17. The van der Waals surface area contributed by atoms with E-state index in [0.29, 0.717) is 22.0 Å². The average Bonchev–Trinajstić information content (AvgIpc) is 3.03. The van der Waals surface area contributed by atoms with Gasteiger partial charge in [-0.05, 0) is 48.1 Å². The number of aromatic nitrogens is 4. The van der Waals surface area contributed by atoms with Crippen molar-refractivity contribution in [2.24, 2.45) is 5.92 Å². The maximum atomic E-state index is 12.5. The fourth-order valence-corrected chi connectivity index (χ4v) is 2.57. The van der Waals surface area contributed by atoms with Crippen LogP contribution >= 0.6 is 23.2 Å². The minimum Gasteiger partial charge on any atom is -0.293 e. The normalized spacial score (nSPS) is 18.1. The van der Waals surface area contributed by atoms with E-state index >= 15 is 0 Å². The second-order valence-electron chi connectivity index (χ2n) is 4.56. The fraction of sp³-hybridized carbons (Fsp3) is 0.143. The summed E-state index contributed by atoms with van der Waals surface area (Å²) in [4.78, 5) is 13.9. The van der Waals surface area contributed by atoms with Gasteiger partial charge in [0, 0.05) is 15.6 Å². The SMILES string of the molecule is O=C(c1ccc(-n2ncnn2)cc1)C1CC(Cl)=CC=C1Cl. The zero-order valence-corrected chi connectivity index (χ0v) is 12.3. The maximum absolute atomic E-state index is 12.5. The average molecular weight is 321 g/mol. The Morgan fingerprint density at radius 3 is 2.62 bits per heavy atom. The quantitative estimate of drug-likeness (QED) is 0.815. The number of hydrogen-bond acceptors (Lipinski definition) is 4. The third kappa shape index (κ3) is 2.89. The minimum absolute atomic E-state index is 0.0550. The molecule has 1 aliphatic rings. The van der Waals surface area contributed by atoms with Gasteiger partial charge in [0.2, 0.25) is 0 Å². The number of benzene rings is 1. The highest BCUT2D eigenvalue weighted by Crippen LogP contribution is 2.32. The monoisotopic (exact) mass is 320 g/mol. The van der Waals surface area contributed by atoms with Crippen LogP contribution in [0.4, 0.5) is 0 Å². The van der Waals surface area contributed by atoms with Gasteiger partial charge in [-0.15, -0.1) is 15.0 Å². The van der Waals surface area contributed by atoms with E-state index in [4.69, 9.17) is 23.2 Å². The van der Waals surface area contributed by atoms with E-state index in [0.717, 1.165) is 5.69 Å². The van der Waals surface area contributed by atoms with Gasteiger partial charge in [-0.25, -0.2) is 0 Å². The van der Waals surface area contributed by atoms with Crippen LogP contribution < -0.4 is 0 Å². The first-order valence-electron chi connectivity index (χ1n) is 6.24. The number of allylic oxidation sites excluding steroid dienone is 4. The lowest BCUT2D eigenvalue weighted by molar-refractivity contribution is 0.0943. The molecule has 106 valence electrons. The van der Waals surface area contributed by atoms with E-state index in [1.165, 1.54) is 11.1 Å². The topological polar surface area (TPSA) is 60.7 Å². The van der Waals surface area contributed by atoms with Crippen molar-refractivity contribution in [2.75, 3.05) is 0 Å². The molecule has 1 atom stereocenters. The summed E-state index contributed by atoms with van der Waals surface area (Å²) < 4.78 is 0. The zero-order valence-electron chi connectivity index (χ0n) is 10.8. The second kappa shape index (κ2) is 5.79. The van der Waals surface area contributed by atoms with Gasteiger partial charge in [0.1, 0.15) is 0 Å². The Hall–Kier alpha value is -1.98. The van der Waals surface area contributed by atoms with Gasteiger partial charge < -0.3 is 0 Å². The number of Topliss-reactive ketones (excluding diaryl/α,β-unsaturated/α-hetero) is 1. The molecule has 2 aromatic rings. The maximum Gasteiger partial charge on any atom is 0.171 e. The van der Waals surface area contributed by atoms with Crippen LogP contribution in [-0.4, -0.2) is 26.0 Å². The number of tetrazole rings is 1. The molecule has 21 heavy (non-hydrogen) atoms. The van der Waals surface area contributed by atoms with Crippen LogP contribution in [0.1, 0.15) is 16.8 Å². The van der Waals surface area contributed by atoms with Crippen molar-refractivity contribution < 1.29 is 4.79 Å². The van der Waals surface area contributed by atoms with Gasteiger partial charge in [-0.3, -0.25) is 4.79 Å². The van der Waals surface area contributed by atoms with Gasteiger partial charge in [-0.1, -0.05) is 23.2 Å². The molecule has 0 fully saturated rings. The Morgan fingerprint density at radius 1 is 1.19 bits per heavy atom. The Labute approximate surface area is 130 Å². The summed E-state index contributed by atoms with van der Waals surface area (Å²) in [5, 5.41) is 12.5. The molecule has 0 saturated heterocycles. The van der Waals surface area contributed by atoms with E-state index in [2.05, 4.69) is 15.4 Å². The highest BCUT2D eigenvalue weighted by molar-refractivity contribution is 6.34. The molecule has 7 heteroatoms. The summed E-state index contributed by atoms with van der Waals surface area (Å²) >= 11 is 12.1. The predicted molar refractivity (Wildman–Crippen MR) is 79.5 cm³/mol. The molecule has 1 aromatic carbocycles. The molecular formula is C14H10Cl2N4O. The molecule has 1 aliphatic carbocycles. The molecule has 0 saturated carbocycles. The van der Waals surface area contributed by atoms with Crippen LogP contribution in [0.25, 0.3) is 5.69 Å². The Balaban J connectivity index is 1.83. The van der Waals surface area contributed by atoms with E-state index < -0.39 is 5.92 Å². The summed E-state index contributed by atoms with van der Waals surface area (Å²) in [5.74, 6) is -0.472.